The summed E-state index contributed by atoms with van der Waals surface area (Å²) in [4.78, 5) is 12.6. The average molecular weight is 494 g/mol. The largest absolute Gasteiger partial charge is 0.322 e. The lowest BCUT2D eigenvalue weighted by Gasteiger charge is -2.17. The van der Waals surface area contributed by atoms with Gasteiger partial charge in [-0.2, -0.15) is 4.31 Å². The monoisotopic (exact) mass is 492 g/mol. The molecule has 0 aliphatic carbocycles. The smallest absolute Gasteiger partial charge is 0.257 e. The molecule has 0 saturated heterocycles. The molecule has 0 unspecified atom stereocenters. The molecule has 0 bridgehead atoms. The number of benzene rings is 3. The highest BCUT2D eigenvalue weighted by Crippen LogP contribution is 2.23. The Labute approximate surface area is 183 Å². The number of halogens is 2. The molecule has 8 heteroatoms. The van der Waals surface area contributed by atoms with Crippen LogP contribution in [0.5, 0.6) is 0 Å². The van der Waals surface area contributed by atoms with Crippen LogP contribution in [0.25, 0.3) is 0 Å². The Morgan fingerprint density at radius 3 is 2.34 bits per heavy atom. The number of rotatable bonds is 6. The maximum absolute atomic E-state index is 12.8. The van der Waals surface area contributed by atoms with E-state index in [1.807, 2.05) is 30.3 Å². The molecular weight excluding hydrogens is 476 g/mol. The third kappa shape index (κ3) is 5.25. The van der Waals surface area contributed by atoms with Gasteiger partial charge in [-0.05, 0) is 48.0 Å². The molecule has 0 atom stereocenters. The summed E-state index contributed by atoms with van der Waals surface area (Å²) >= 11 is 9.39. The fourth-order valence-electron chi connectivity index (χ4n) is 2.69. The Morgan fingerprint density at radius 1 is 1.03 bits per heavy atom. The first-order valence-corrected chi connectivity index (χ1v) is 11.3. The Balaban J connectivity index is 1.73. The first-order valence-electron chi connectivity index (χ1n) is 8.64. The topological polar surface area (TPSA) is 66.5 Å². The van der Waals surface area contributed by atoms with E-state index in [1.54, 1.807) is 30.3 Å². The van der Waals surface area contributed by atoms with E-state index in [0.29, 0.717) is 16.3 Å². The van der Waals surface area contributed by atoms with Crippen LogP contribution in [0.2, 0.25) is 5.02 Å². The summed E-state index contributed by atoms with van der Waals surface area (Å²) < 4.78 is 27.6. The minimum Gasteiger partial charge on any atom is -0.322 e. The number of nitrogens with one attached hydrogen (secondary N) is 1. The zero-order valence-electron chi connectivity index (χ0n) is 15.5. The van der Waals surface area contributed by atoms with Gasteiger partial charge in [0.05, 0.1) is 15.5 Å². The molecule has 0 aliphatic heterocycles. The lowest BCUT2D eigenvalue weighted by Crippen LogP contribution is -2.26. The highest BCUT2D eigenvalue weighted by molar-refractivity contribution is 9.10. The normalized spacial score (nSPS) is 11.4. The van der Waals surface area contributed by atoms with E-state index >= 15 is 0 Å². The molecule has 3 aromatic carbocycles. The minimum atomic E-state index is -3.65. The Hall–Kier alpha value is -2.19. The molecule has 0 radical (unpaired) electrons. The number of carbonyl (C=O) groups is 1. The van der Waals surface area contributed by atoms with Gasteiger partial charge in [0.15, 0.2) is 0 Å². The fraction of sp³-hybridized carbons (Fsp3) is 0.0952. The molecule has 0 fully saturated rings. The molecule has 0 aliphatic rings. The van der Waals surface area contributed by atoms with Gasteiger partial charge in [-0.3, -0.25) is 4.79 Å². The van der Waals surface area contributed by atoms with E-state index in [-0.39, 0.29) is 17.3 Å². The number of hydrogen-bond acceptors (Lipinski definition) is 3. The lowest BCUT2D eigenvalue weighted by atomic mass is 10.2. The molecule has 0 heterocycles. The van der Waals surface area contributed by atoms with Crippen LogP contribution in [-0.4, -0.2) is 25.7 Å². The van der Waals surface area contributed by atoms with Crippen molar-refractivity contribution in [2.45, 2.75) is 11.4 Å². The zero-order chi connectivity index (χ0) is 21.0. The molecular formula is C21H18BrClN2O3S. The van der Waals surface area contributed by atoms with Gasteiger partial charge in [-0.25, -0.2) is 8.42 Å². The SMILES string of the molecule is CN(Cc1ccccc1)S(=O)(=O)c1ccc(NC(=O)c2cc(Br)ccc2Cl)cc1. The summed E-state index contributed by atoms with van der Waals surface area (Å²) in [5.74, 6) is -0.381. The highest BCUT2D eigenvalue weighted by Gasteiger charge is 2.21. The van der Waals surface area contributed by atoms with Crippen LogP contribution in [0.4, 0.5) is 5.69 Å². The lowest BCUT2D eigenvalue weighted by molar-refractivity contribution is 0.102. The molecule has 1 amide bonds. The Kier molecular flexibility index (Phi) is 6.74. The van der Waals surface area contributed by atoms with Crippen molar-refractivity contribution < 1.29 is 13.2 Å². The van der Waals surface area contributed by atoms with Gasteiger partial charge >= 0.3 is 0 Å². The predicted octanol–water partition coefficient (Wildman–Crippen LogP) is 5.18. The van der Waals surface area contributed by atoms with Gasteiger partial charge in [0.2, 0.25) is 10.0 Å². The number of amides is 1. The molecule has 5 nitrogen and oxygen atoms in total. The van der Waals surface area contributed by atoms with Crippen LogP contribution < -0.4 is 5.32 Å². The molecule has 3 rings (SSSR count). The van der Waals surface area contributed by atoms with Crippen LogP contribution in [-0.2, 0) is 16.6 Å². The van der Waals surface area contributed by atoms with Crippen molar-refractivity contribution in [2.24, 2.45) is 0 Å². The van der Waals surface area contributed by atoms with Crippen molar-refractivity contribution in [3.05, 3.63) is 93.4 Å². The van der Waals surface area contributed by atoms with Crippen LogP contribution in [0, 0.1) is 0 Å². The average Bonchev–Trinajstić information content (AvgIpc) is 2.71. The molecule has 0 saturated carbocycles. The number of nitrogens with zero attached hydrogens (tertiary/aromatic N) is 1. The van der Waals surface area contributed by atoms with Crippen molar-refractivity contribution in [2.75, 3.05) is 12.4 Å². The second-order valence-corrected chi connectivity index (χ2v) is 9.72. The predicted molar refractivity (Wildman–Crippen MR) is 119 cm³/mol. The van der Waals surface area contributed by atoms with Crippen LogP contribution >= 0.6 is 27.5 Å². The van der Waals surface area contributed by atoms with Gasteiger partial charge in [0.25, 0.3) is 5.91 Å². The van der Waals surface area contributed by atoms with Gasteiger partial charge in [0, 0.05) is 23.8 Å². The molecule has 3 aromatic rings. The second kappa shape index (κ2) is 9.09. The van der Waals surface area contributed by atoms with Crippen LogP contribution in [0.15, 0.2) is 82.2 Å². The Bertz CT molecular complexity index is 1120. The highest BCUT2D eigenvalue weighted by atomic mass is 79.9. The summed E-state index contributed by atoms with van der Waals surface area (Å²) in [7, 11) is -2.12. The summed E-state index contributed by atoms with van der Waals surface area (Å²) in [6, 6.07) is 20.4. The van der Waals surface area contributed by atoms with Crippen molar-refractivity contribution in [3.8, 4) is 0 Å². The van der Waals surface area contributed by atoms with Crippen molar-refractivity contribution >= 4 is 49.1 Å². The third-order valence-electron chi connectivity index (χ3n) is 4.24. The molecule has 0 spiro atoms. The number of carbonyl (C=O) groups excluding carboxylic acids is 1. The van der Waals surface area contributed by atoms with E-state index in [4.69, 9.17) is 11.6 Å². The standard InChI is InChI=1S/C21H18BrClN2O3S/c1-25(14-15-5-3-2-4-6-15)29(27,28)18-10-8-17(9-11-18)24-21(26)19-13-16(22)7-12-20(19)23/h2-13H,14H2,1H3,(H,24,26). The quantitative estimate of drug-likeness (QED) is 0.515. The van der Waals surface area contributed by atoms with E-state index < -0.39 is 10.0 Å². The van der Waals surface area contributed by atoms with Gasteiger partial charge in [0.1, 0.15) is 0 Å². The number of sulfonamides is 1. The summed E-state index contributed by atoms with van der Waals surface area (Å²) in [6.45, 7) is 0.267. The number of anilines is 1. The molecule has 150 valence electrons. The summed E-state index contributed by atoms with van der Waals surface area (Å²) in [5.41, 5.74) is 1.68. The fourth-order valence-corrected chi connectivity index (χ4v) is 4.41. The van der Waals surface area contributed by atoms with Crippen LogP contribution in [0.3, 0.4) is 0 Å². The van der Waals surface area contributed by atoms with Gasteiger partial charge in [-0.1, -0.05) is 57.9 Å². The third-order valence-corrected chi connectivity index (χ3v) is 6.88. The zero-order valence-corrected chi connectivity index (χ0v) is 18.6. The second-order valence-electron chi connectivity index (χ2n) is 6.35. The first-order chi connectivity index (χ1) is 13.8. The summed E-state index contributed by atoms with van der Waals surface area (Å²) in [6.07, 6.45) is 0. The maximum Gasteiger partial charge on any atom is 0.257 e. The van der Waals surface area contributed by atoms with Gasteiger partial charge in [-0.15, -0.1) is 0 Å². The molecule has 29 heavy (non-hydrogen) atoms. The van der Waals surface area contributed by atoms with Crippen molar-refractivity contribution in [1.82, 2.24) is 4.31 Å². The van der Waals surface area contributed by atoms with E-state index in [2.05, 4.69) is 21.2 Å². The van der Waals surface area contributed by atoms with Crippen molar-refractivity contribution in [3.63, 3.8) is 0 Å². The van der Waals surface area contributed by atoms with E-state index in [0.717, 1.165) is 10.0 Å². The van der Waals surface area contributed by atoms with E-state index in [1.165, 1.54) is 23.5 Å². The first kappa shape index (κ1) is 21.5. The van der Waals surface area contributed by atoms with Gasteiger partial charge < -0.3 is 5.32 Å². The Morgan fingerprint density at radius 2 is 1.69 bits per heavy atom. The molecule has 1 N–H and O–H groups in total. The number of hydrogen-bond donors (Lipinski definition) is 1. The minimum absolute atomic E-state index is 0.148. The van der Waals surface area contributed by atoms with E-state index in [9.17, 15) is 13.2 Å². The molecule has 0 aromatic heterocycles. The summed E-state index contributed by atoms with van der Waals surface area (Å²) in [5, 5.41) is 3.05. The van der Waals surface area contributed by atoms with Crippen molar-refractivity contribution in [1.29, 1.82) is 0 Å². The van der Waals surface area contributed by atoms with Crippen LogP contribution in [0.1, 0.15) is 15.9 Å². The maximum atomic E-state index is 12.8.